The molecule has 21 heavy (non-hydrogen) atoms. The Bertz CT molecular complexity index is 681. The van der Waals surface area contributed by atoms with Gasteiger partial charge in [0.05, 0.1) is 18.2 Å². The van der Waals surface area contributed by atoms with Crippen molar-refractivity contribution >= 4 is 11.7 Å². The summed E-state index contributed by atoms with van der Waals surface area (Å²) in [7, 11) is 0. The molecular weight excluding hydrogens is 266 g/mol. The van der Waals surface area contributed by atoms with Gasteiger partial charge in [-0.1, -0.05) is 24.3 Å². The second-order valence-electron chi connectivity index (χ2n) is 5.23. The number of fused-ring (bicyclic) bond motifs is 1. The molecule has 1 unspecified atom stereocenters. The zero-order chi connectivity index (χ0) is 14.8. The number of aromatic carboxylic acids is 1. The molecule has 0 radical (unpaired) electrons. The zero-order valence-corrected chi connectivity index (χ0v) is 11.8. The van der Waals surface area contributed by atoms with Gasteiger partial charge in [-0.3, -0.25) is 0 Å². The maximum absolute atomic E-state index is 11.4. The highest BCUT2D eigenvalue weighted by Gasteiger charge is 2.22. The van der Waals surface area contributed by atoms with Crippen LogP contribution in [0.3, 0.4) is 0 Å². The van der Waals surface area contributed by atoms with Gasteiger partial charge in [-0.15, -0.1) is 0 Å². The van der Waals surface area contributed by atoms with Gasteiger partial charge in [-0.25, -0.2) is 4.79 Å². The Morgan fingerprint density at radius 3 is 2.90 bits per heavy atom. The number of carboxylic acid groups (broad SMARTS) is 1. The van der Waals surface area contributed by atoms with Gasteiger partial charge in [0.2, 0.25) is 0 Å². The summed E-state index contributed by atoms with van der Waals surface area (Å²) in [5.74, 6) is -0.0522. The highest BCUT2D eigenvalue weighted by atomic mass is 16.5. The first-order chi connectivity index (χ1) is 10.1. The van der Waals surface area contributed by atoms with Crippen molar-refractivity contribution in [3.05, 3.63) is 59.2 Å². The third kappa shape index (κ3) is 2.70. The van der Waals surface area contributed by atoms with Crippen LogP contribution in [0.4, 0.5) is 5.69 Å². The standard InChI is InChI=1S/C17H17NO3/c1-11-6-7-13(17(19)20)15(10-11)18-14-8-9-21-16-5-3-2-4-12(14)16/h2-7,10,14,18H,8-9H2,1H3,(H,19,20). The van der Waals surface area contributed by atoms with Crippen LogP contribution in [-0.4, -0.2) is 17.7 Å². The minimum atomic E-state index is -0.919. The molecule has 2 aromatic carbocycles. The normalized spacial score (nSPS) is 16.7. The van der Waals surface area contributed by atoms with Crippen molar-refractivity contribution in [3.8, 4) is 5.75 Å². The highest BCUT2D eigenvalue weighted by molar-refractivity contribution is 5.94. The van der Waals surface area contributed by atoms with Gasteiger partial charge < -0.3 is 15.2 Å². The van der Waals surface area contributed by atoms with Crippen molar-refractivity contribution in [1.29, 1.82) is 0 Å². The molecule has 1 aliphatic heterocycles. The minimum absolute atomic E-state index is 0.0647. The first kappa shape index (κ1) is 13.5. The number of hydrogen-bond donors (Lipinski definition) is 2. The van der Waals surface area contributed by atoms with E-state index in [9.17, 15) is 9.90 Å². The topological polar surface area (TPSA) is 58.6 Å². The van der Waals surface area contributed by atoms with E-state index in [-0.39, 0.29) is 6.04 Å². The molecule has 1 aliphatic rings. The fourth-order valence-corrected chi connectivity index (χ4v) is 2.64. The molecule has 0 bridgehead atoms. The molecule has 4 nitrogen and oxygen atoms in total. The Morgan fingerprint density at radius 2 is 2.10 bits per heavy atom. The first-order valence-corrected chi connectivity index (χ1v) is 6.97. The maximum Gasteiger partial charge on any atom is 0.337 e. The van der Waals surface area contributed by atoms with Crippen molar-refractivity contribution < 1.29 is 14.6 Å². The van der Waals surface area contributed by atoms with E-state index in [0.29, 0.717) is 17.9 Å². The summed E-state index contributed by atoms with van der Waals surface area (Å²) in [5.41, 5.74) is 3.05. The molecule has 0 saturated heterocycles. The number of benzene rings is 2. The van der Waals surface area contributed by atoms with E-state index in [1.54, 1.807) is 6.07 Å². The van der Waals surface area contributed by atoms with Crippen molar-refractivity contribution in [2.45, 2.75) is 19.4 Å². The second kappa shape index (κ2) is 5.48. The molecular formula is C17H17NO3. The predicted molar refractivity (Wildman–Crippen MR) is 81.1 cm³/mol. The third-order valence-corrected chi connectivity index (χ3v) is 3.69. The number of anilines is 1. The summed E-state index contributed by atoms with van der Waals surface area (Å²) in [6.07, 6.45) is 0.810. The molecule has 0 spiro atoms. The Hall–Kier alpha value is -2.49. The lowest BCUT2D eigenvalue weighted by Gasteiger charge is -2.28. The molecule has 1 heterocycles. The van der Waals surface area contributed by atoms with Crippen LogP contribution in [0.5, 0.6) is 5.75 Å². The van der Waals surface area contributed by atoms with Crippen molar-refractivity contribution in [2.24, 2.45) is 0 Å². The molecule has 0 aliphatic carbocycles. The van der Waals surface area contributed by atoms with E-state index in [0.717, 1.165) is 23.3 Å². The number of carboxylic acids is 1. The maximum atomic E-state index is 11.4. The van der Waals surface area contributed by atoms with Gasteiger partial charge in [0.25, 0.3) is 0 Å². The van der Waals surface area contributed by atoms with E-state index in [4.69, 9.17) is 4.74 Å². The second-order valence-corrected chi connectivity index (χ2v) is 5.23. The Labute approximate surface area is 123 Å². The predicted octanol–water partition coefficient (Wildman–Crippen LogP) is 3.63. The average molecular weight is 283 g/mol. The largest absolute Gasteiger partial charge is 0.493 e. The van der Waals surface area contributed by atoms with Gasteiger partial charge in [0.1, 0.15) is 5.75 Å². The molecule has 3 rings (SSSR count). The van der Waals surface area contributed by atoms with Gasteiger partial charge in [0, 0.05) is 17.7 Å². The number of aryl methyl sites for hydroxylation is 1. The average Bonchev–Trinajstić information content (AvgIpc) is 2.47. The SMILES string of the molecule is Cc1ccc(C(=O)O)c(NC2CCOc3ccccc32)c1. The molecule has 108 valence electrons. The first-order valence-electron chi connectivity index (χ1n) is 6.97. The minimum Gasteiger partial charge on any atom is -0.493 e. The number of carbonyl (C=O) groups is 1. The molecule has 2 N–H and O–H groups in total. The molecule has 2 aromatic rings. The van der Waals surface area contributed by atoms with E-state index < -0.39 is 5.97 Å². The van der Waals surface area contributed by atoms with Crippen LogP contribution in [0.2, 0.25) is 0 Å². The molecule has 0 amide bonds. The third-order valence-electron chi connectivity index (χ3n) is 3.69. The molecule has 0 saturated carbocycles. The van der Waals surface area contributed by atoms with Crippen molar-refractivity contribution in [3.63, 3.8) is 0 Å². The molecule has 4 heteroatoms. The fraction of sp³-hybridized carbons (Fsp3) is 0.235. The zero-order valence-electron chi connectivity index (χ0n) is 11.8. The number of hydrogen-bond acceptors (Lipinski definition) is 3. The summed E-state index contributed by atoms with van der Waals surface area (Å²) >= 11 is 0. The Kier molecular flexibility index (Phi) is 3.52. The summed E-state index contributed by atoms with van der Waals surface area (Å²) in [6.45, 7) is 2.58. The summed E-state index contributed by atoms with van der Waals surface area (Å²) in [4.78, 5) is 11.4. The van der Waals surface area contributed by atoms with Crippen LogP contribution in [-0.2, 0) is 0 Å². The van der Waals surface area contributed by atoms with E-state index in [1.165, 1.54) is 0 Å². The Balaban J connectivity index is 1.95. The lowest BCUT2D eigenvalue weighted by atomic mass is 9.99. The van der Waals surface area contributed by atoms with E-state index >= 15 is 0 Å². The van der Waals surface area contributed by atoms with E-state index in [1.807, 2.05) is 43.3 Å². The van der Waals surface area contributed by atoms with Crippen LogP contribution in [0.25, 0.3) is 0 Å². The van der Waals surface area contributed by atoms with Crippen LogP contribution in [0, 0.1) is 6.92 Å². The monoisotopic (exact) mass is 283 g/mol. The lowest BCUT2D eigenvalue weighted by Crippen LogP contribution is -2.21. The van der Waals surface area contributed by atoms with Crippen LogP contribution < -0.4 is 10.1 Å². The van der Waals surface area contributed by atoms with Crippen LogP contribution in [0.15, 0.2) is 42.5 Å². The van der Waals surface area contributed by atoms with Gasteiger partial charge in [-0.2, -0.15) is 0 Å². The molecule has 1 atom stereocenters. The number of rotatable bonds is 3. The number of para-hydroxylation sites is 1. The van der Waals surface area contributed by atoms with Gasteiger partial charge >= 0.3 is 5.97 Å². The highest BCUT2D eigenvalue weighted by Crippen LogP contribution is 2.34. The van der Waals surface area contributed by atoms with Crippen molar-refractivity contribution in [2.75, 3.05) is 11.9 Å². The smallest absolute Gasteiger partial charge is 0.337 e. The lowest BCUT2D eigenvalue weighted by molar-refractivity contribution is 0.0698. The van der Waals surface area contributed by atoms with E-state index in [2.05, 4.69) is 5.32 Å². The van der Waals surface area contributed by atoms with Gasteiger partial charge in [0.15, 0.2) is 0 Å². The quantitative estimate of drug-likeness (QED) is 0.903. The van der Waals surface area contributed by atoms with Crippen molar-refractivity contribution in [1.82, 2.24) is 0 Å². The van der Waals surface area contributed by atoms with Gasteiger partial charge in [-0.05, 0) is 30.7 Å². The fourth-order valence-electron chi connectivity index (χ4n) is 2.64. The molecule has 0 fully saturated rings. The Morgan fingerprint density at radius 1 is 1.29 bits per heavy atom. The summed E-state index contributed by atoms with van der Waals surface area (Å²) < 4.78 is 5.64. The van der Waals surface area contributed by atoms with Crippen LogP contribution in [0.1, 0.15) is 33.9 Å². The number of nitrogens with one attached hydrogen (secondary N) is 1. The summed E-state index contributed by atoms with van der Waals surface area (Å²) in [5, 5.41) is 12.7. The molecule has 0 aromatic heterocycles. The van der Waals surface area contributed by atoms with Crippen LogP contribution >= 0.6 is 0 Å². The summed E-state index contributed by atoms with van der Waals surface area (Å²) in [6, 6.07) is 13.3. The number of ether oxygens (including phenoxy) is 1.